The van der Waals surface area contributed by atoms with E-state index in [9.17, 15) is 4.79 Å². The molecule has 0 aromatic heterocycles. The maximum absolute atomic E-state index is 12.2. The fraction of sp³-hybridized carbons (Fsp3) is 0.235. The normalized spacial score (nSPS) is 10.4. The van der Waals surface area contributed by atoms with Gasteiger partial charge in [0, 0.05) is 30.1 Å². The predicted molar refractivity (Wildman–Crippen MR) is 87.7 cm³/mol. The highest BCUT2D eigenvalue weighted by molar-refractivity contribution is 6.35. The smallest absolute Gasteiger partial charge is 0.222 e. The van der Waals surface area contributed by atoms with Crippen LogP contribution in [0.5, 0.6) is 0 Å². The molecule has 1 amide bonds. The molecule has 0 spiro atoms. The first kappa shape index (κ1) is 15.9. The van der Waals surface area contributed by atoms with Crippen LogP contribution in [0.3, 0.4) is 0 Å². The van der Waals surface area contributed by atoms with Crippen molar-refractivity contribution in [1.29, 1.82) is 0 Å². The molecule has 0 radical (unpaired) electrons. The van der Waals surface area contributed by atoms with Crippen molar-refractivity contribution in [2.24, 2.45) is 0 Å². The van der Waals surface area contributed by atoms with Crippen LogP contribution < -0.4 is 0 Å². The lowest BCUT2D eigenvalue weighted by atomic mass is 10.1. The summed E-state index contributed by atoms with van der Waals surface area (Å²) in [5, 5.41) is 1.22. The first-order chi connectivity index (χ1) is 10.1. The number of hydrogen-bond donors (Lipinski definition) is 0. The van der Waals surface area contributed by atoms with E-state index in [4.69, 9.17) is 23.2 Å². The molecule has 0 bridgehead atoms. The summed E-state index contributed by atoms with van der Waals surface area (Å²) in [5.74, 6) is 0.102. The van der Waals surface area contributed by atoms with E-state index in [1.807, 2.05) is 43.4 Å². The van der Waals surface area contributed by atoms with E-state index in [0.29, 0.717) is 29.4 Å². The molecule has 0 saturated carbocycles. The average molecular weight is 322 g/mol. The Bertz CT molecular complexity index is 613. The van der Waals surface area contributed by atoms with Crippen LogP contribution >= 0.6 is 23.2 Å². The molecule has 0 aliphatic heterocycles. The quantitative estimate of drug-likeness (QED) is 0.789. The zero-order chi connectivity index (χ0) is 15.2. The monoisotopic (exact) mass is 321 g/mol. The molecule has 2 aromatic rings. The lowest BCUT2D eigenvalue weighted by Crippen LogP contribution is -2.26. The fourth-order valence-corrected chi connectivity index (χ4v) is 2.61. The number of rotatable bonds is 5. The van der Waals surface area contributed by atoms with E-state index in [2.05, 4.69) is 0 Å². The second kappa shape index (κ2) is 7.48. The van der Waals surface area contributed by atoms with Crippen LogP contribution in [0, 0.1) is 0 Å². The van der Waals surface area contributed by atoms with Gasteiger partial charge in [-0.05, 0) is 29.7 Å². The number of hydrogen-bond acceptors (Lipinski definition) is 1. The minimum Gasteiger partial charge on any atom is -0.341 e. The van der Waals surface area contributed by atoms with Crippen LogP contribution in [0.4, 0.5) is 0 Å². The summed E-state index contributed by atoms with van der Waals surface area (Å²) in [6.07, 6.45) is 1.05. The Morgan fingerprint density at radius 2 is 1.81 bits per heavy atom. The van der Waals surface area contributed by atoms with Gasteiger partial charge in [-0.2, -0.15) is 0 Å². The van der Waals surface area contributed by atoms with E-state index in [1.54, 1.807) is 17.0 Å². The Hall–Kier alpha value is -1.51. The van der Waals surface area contributed by atoms with Crippen LogP contribution in [0.15, 0.2) is 48.5 Å². The number of nitrogens with zero attached hydrogens (tertiary/aromatic N) is 1. The van der Waals surface area contributed by atoms with Gasteiger partial charge in [0.05, 0.1) is 0 Å². The van der Waals surface area contributed by atoms with Gasteiger partial charge < -0.3 is 4.90 Å². The third-order valence-corrected chi connectivity index (χ3v) is 3.90. The Labute approximate surface area is 135 Å². The van der Waals surface area contributed by atoms with Crippen molar-refractivity contribution in [2.75, 3.05) is 7.05 Å². The lowest BCUT2D eigenvalue weighted by molar-refractivity contribution is -0.130. The average Bonchev–Trinajstić information content (AvgIpc) is 2.47. The minimum absolute atomic E-state index is 0.102. The van der Waals surface area contributed by atoms with Gasteiger partial charge in [-0.25, -0.2) is 0 Å². The molecular formula is C17H17Cl2NO. The molecule has 0 N–H and O–H groups in total. The number of carbonyl (C=O) groups excluding carboxylic acids is 1. The van der Waals surface area contributed by atoms with Crippen molar-refractivity contribution in [3.05, 3.63) is 69.7 Å². The number of aryl methyl sites for hydroxylation is 1. The molecule has 0 unspecified atom stereocenters. The van der Waals surface area contributed by atoms with E-state index >= 15 is 0 Å². The summed E-state index contributed by atoms with van der Waals surface area (Å²) in [6.45, 7) is 0.619. The second-order valence-corrected chi connectivity index (χ2v) is 5.81. The Balaban J connectivity index is 1.89. The van der Waals surface area contributed by atoms with Crippen LogP contribution in [0.2, 0.25) is 10.0 Å². The van der Waals surface area contributed by atoms with Gasteiger partial charge in [0.15, 0.2) is 0 Å². The highest BCUT2D eigenvalue weighted by Crippen LogP contribution is 2.22. The Morgan fingerprint density at radius 3 is 2.48 bits per heavy atom. The zero-order valence-corrected chi connectivity index (χ0v) is 13.4. The van der Waals surface area contributed by atoms with Crippen LogP contribution in [-0.2, 0) is 17.8 Å². The van der Waals surface area contributed by atoms with Crippen molar-refractivity contribution in [3.63, 3.8) is 0 Å². The van der Waals surface area contributed by atoms with E-state index in [0.717, 1.165) is 11.1 Å². The summed E-state index contributed by atoms with van der Waals surface area (Å²) >= 11 is 12.0. The van der Waals surface area contributed by atoms with Crippen LogP contribution in [0.1, 0.15) is 17.5 Å². The first-order valence-electron chi connectivity index (χ1n) is 6.78. The zero-order valence-electron chi connectivity index (χ0n) is 11.9. The molecule has 0 saturated heterocycles. The van der Waals surface area contributed by atoms with Crippen LogP contribution in [0.25, 0.3) is 0 Å². The maximum atomic E-state index is 12.2. The molecule has 0 aliphatic carbocycles. The molecule has 0 aliphatic rings. The summed E-state index contributed by atoms with van der Waals surface area (Å²) in [6, 6.07) is 15.3. The van der Waals surface area contributed by atoms with Crippen molar-refractivity contribution in [2.45, 2.75) is 19.4 Å². The summed E-state index contributed by atoms with van der Waals surface area (Å²) in [5.41, 5.74) is 2.07. The molecule has 4 heteroatoms. The van der Waals surface area contributed by atoms with E-state index in [-0.39, 0.29) is 5.91 Å². The molecule has 0 fully saturated rings. The minimum atomic E-state index is 0.102. The maximum Gasteiger partial charge on any atom is 0.222 e. The van der Waals surface area contributed by atoms with Gasteiger partial charge in [0.25, 0.3) is 0 Å². The highest BCUT2D eigenvalue weighted by Gasteiger charge is 2.10. The number of halogens is 2. The molecule has 110 valence electrons. The molecule has 0 atom stereocenters. The van der Waals surface area contributed by atoms with Crippen LogP contribution in [-0.4, -0.2) is 17.9 Å². The van der Waals surface area contributed by atoms with Crippen molar-refractivity contribution < 1.29 is 4.79 Å². The largest absolute Gasteiger partial charge is 0.341 e. The van der Waals surface area contributed by atoms with Gasteiger partial charge >= 0.3 is 0 Å². The third kappa shape index (κ3) is 4.76. The van der Waals surface area contributed by atoms with Gasteiger partial charge in [0.1, 0.15) is 0 Å². The van der Waals surface area contributed by atoms with Gasteiger partial charge in [-0.3, -0.25) is 4.79 Å². The van der Waals surface area contributed by atoms with Crippen molar-refractivity contribution >= 4 is 29.1 Å². The van der Waals surface area contributed by atoms with E-state index in [1.165, 1.54) is 0 Å². The van der Waals surface area contributed by atoms with Gasteiger partial charge in [0.2, 0.25) is 5.91 Å². The molecular weight excluding hydrogens is 305 g/mol. The summed E-state index contributed by atoms with van der Waals surface area (Å²) in [4.78, 5) is 13.9. The molecule has 2 nitrogen and oxygen atoms in total. The van der Waals surface area contributed by atoms with Gasteiger partial charge in [-0.1, -0.05) is 59.6 Å². The Kier molecular flexibility index (Phi) is 5.66. The molecule has 2 aromatic carbocycles. The second-order valence-electron chi connectivity index (χ2n) is 4.97. The number of amides is 1. The lowest BCUT2D eigenvalue weighted by Gasteiger charge is -2.17. The third-order valence-electron chi connectivity index (χ3n) is 3.31. The van der Waals surface area contributed by atoms with E-state index < -0.39 is 0 Å². The fourth-order valence-electron chi connectivity index (χ4n) is 2.10. The van der Waals surface area contributed by atoms with Crippen molar-refractivity contribution in [1.82, 2.24) is 4.90 Å². The molecule has 21 heavy (non-hydrogen) atoms. The first-order valence-corrected chi connectivity index (χ1v) is 7.53. The summed E-state index contributed by atoms with van der Waals surface area (Å²) < 4.78 is 0. The number of carbonyl (C=O) groups is 1. The van der Waals surface area contributed by atoms with Crippen molar-refractivity contribution in [3.8, 4) is 0 Å². The standard InChI is InChI=1S/C17H17Cl2NO/c1-20(12-13-5-3-2-4-6-13)17(21)10-8-14-7-9-15(18)11-16(14)19/h2-7,9,11H,8,10,12H2,1H3. The number of benzene rings is 2. The molecule has 2 rings (SSSR count). The predicted octanol–water partition coefficient (Wildman–Crippen LogP) is 4.58. The molecule has 0 heterocycles. The highest BCUT2D eigenvalue weighted by atomic mass is 35.5. The van der Waals surface area contributed by atoms with Gasteiger partial charge in [-0.15, -0.1) is 0 Å². The SMILES string of the molecule is CN(Cc1ccccc1)C(=O)CCc1ccc(Cl)cc1Cl. The summed E-state index contributed by atoms with van der Waals surface area (Å²) in [7, 11) is 1.82. The topological polar surface area (TPSA) is 20.3 Å². The Morgan fingerprint density at radius 1 is 1.10 bits per heavy atom.